The van der Waals surface area contributed by atoms with Crippen molar-refractivity contribution in [1.29, 1.82) is 0 Å². The number of hydrogen-bond acceptors (Lipinski definition) is 2. The average molecular weight is 264 g/mol. The summed E-state index contributed by atoms with van der Waals surface area (Å²) in [5.74, 6) is 3.41. The molecule has 3 saturated carbocycles. The molecule has 19 heavy (non-hydrogen) atoms. The lowest BCUT2D eigenvalue weighted by Gasteiger charge is -2.39. The van der Waals surface area contributed by atoms with Crippen molar-refractivity contribution in [2.45, 2.75) is 71.8 Å². The predicted octanol–water partition coefficient (Wildman–Crippen LogP) is 4.18. The van der Waals surface area contributed by atoms with E-state index < -0.39 is 0 Å². The number of ether oxygens (including phenoxy) is 1. The molecule has 0 aromatic rings. The molecule has 0 heterocycles. The van der Waals surface area contributed by atoms with Gasteiger partial charge >= 0.3 is 5.97 Å². The van der Waals surface area contributed by atoms with Crippen LogP contribution in [-0.4, -0.2) is 12.1 Å². The van der Waals surface area contributed by atoms with Crippen molar-refractivity contribution in [3.8, 4) is 0 Å². The van der Waals surface area contributed by atoms with Gasteiger partial charge in [-0.1, -0.05) is 19.8 Å². The van der Waals surface area contributed by atoms with Crippen LogP contribution in [0.15, 0.2) is 0 Å². The van der Waals surface area contributed by atoms with Crippen molar-refractivity contribution >= 4 is 5.97 Å². The van der Waals surface area contributed by atoms with Gasteiger partial charge < -0.3 is 4.74 Å². The molecule has 0 aromatic heterocycles. The Labute approximate surface area is 117 Å². The van der Waals surface area contributed by atoms with E-state index in [1.54, 1.807) is 0 Å². The molecule has 0 N–H and O–H groups in total. The van der Waals surface area contributed by atoms with Crippen molar-refractivity contribution in [2.75, 3.05) is 0 Å². The van der Waals surface area contributed by atoms with Crippen molar-refractivity contribution in [2.24, 2.45) is 29.1 Å². The molecule has 3 aliphatic rings. The molecule has 5 unspecified atom stereocenters. The lowest BCUT2D eigenvalue weighted by Crippen LogP contribution is -2.38. The molecule has 2 nitrogen and oxygen atoms in total. The van der Waals surface area contributed by atoms with Gasteiger partial charge in [0, 0.05) is 0 Å². The summed E-state index contributed by atoms with van der Waals surface area (Å²) in [5, 5.41) is 0. The van der Waals surface area contributed by atoms with Crippen LogP contribution in [0, 0.1) is 29.1 Å². The molecule has 0 spiro atoms. The first-order chi connectivity index (χ1) is 9.03. The summed E-state index contributed by atoms with van der Waals surface area (Å²) in [6.45, 7) is 6.08. The summed E-state index contributed by atoms with van der Waals surface area (Å²) in [6.07, 6.45) is 9.23. The van der Waals surface area contributed by atoms with Gasteiger partial charge in [0.2, 0.25) is 0 Å². The third-order valence-corrected chi connectivity index (χ3v) is 6.31. The van der Waals surface area contributed by atoms with Gasteiger partial charge in [0.05, 0.1) is 5.41 Å². The van der Waals surface area contributed by atoms with Crippen LogP contribution < -0.4 is 0 Å². The van der Waals surface area contributed by atoms with E-state index in [9.17, 15) is 4.79 Å². The van der Waals surface area contributed by atoms with Gasteiger partial charge in [-0.25, -0.2) is 0 Å². The number of fused-ring (bicyclic) bond motifs is 5. The number of esters is 1. The van der Waals surface area contributed by atoms with Crippen molar-refractivity contribution in [3.63, 3.8) is 0 Å². The van der Waals surface area contributed by atoms with E-state index in [1.165, 1.54) is 32.1 Å². The van der Waals surface area contributed by atoms with Gasteiger partial charge in [-0.3, -0.25) is 4.79 Å². The second kappa shape index (κ2) is 4.79. The topological polar surface area (TPSA) is 26.3 Å². The number of carbonyl (C=O) groups is 1. The highest BCUT2D eigenvalue weighted by Gasteiger charge is 2.54. The third-order valence-electron chi connectivity index (χ3n) is 6.31. The standard InChI is InChI=1S/C17H28O2/c1-4-17(2,3)16(18)19-15-10-11-9-14(15)13-8-6-5-7-12(11)13/h11-15H,4-10H2,1-3H3. The minimum Gasteiger partial charge on any atom is -0.462 e. The monoisotopic (exact) mass is 264 g/mol. The van der Waals surface area contributed by atoms with E-state index in [-0.39, 0.29) is 17.5 Å². The molecule has 3 fully saturated rings. The number of carbonyl (C=O) groups excluding carboxylic acids is 1. The smallest absolute Gasteiger partial charge is 0.311 e. The Morgan fingerprint density at radius 1 is 1.11 bits per heavy atom. The van der Waals surface area contributed by atoms with Crippen LogP contribution in [0.5, 0.6) is 0 Å². The quantitative estimate of drug-likeness (QED) is 0.715. The minimum atomic E-state index is -0.312. The summed E-state index contributed by atoms with van der Waals surface area (Å²) in [4.78, 5) is 12.3. The highest BCUT2D eigenvalue weighted by molar-refractivity contribution is 5.76. The van der Waals surface area contributed by atoms with Gasteiger partial charge in [0.25, 0.3) is 0 Å². The largest absolute Gasteiger partial charge is 0.462 e. The Bertz CT molecular complexity index is 360. The summed E-state index contributed by atoms with van der Waals surface area (Å²) in [7, 11) is 0. The minimum absolute atomic E-state index is 0.0277. The molecular formula is C17H28O2. The fourth-order valence-corrected chi connectivity index (χ4v) is 4.75. The second-order valence-electron chi connectivity index (χ2n) is 7.69. The van der Waals surface area contributed by atoms with Crippen LogP contribution in [0.2, 0.25) is 0 Å². The van der Waals surface area contributed by atoms with Gasteiger partial charge in [0.15, 0.2) is 0 Å². The Morgan fingerprint density at radius 2 is 1.79 bits per heavy atom. The normalized spacial score (nSPS) is 41.1. The maximum absolute atomic E-state index is 12.3. The molecule has 0 aromatic carbocycles. The van der Waals surface area contributed by atoms with Crippen LogP contribution in [0.3, 0.4) is 0 Å². The molecule has 0 amide bonds. The second-order valence-corrected chi connectivity index (χ2v) is 7.69. The summed E-state index contributed by atoms with van der Waals surface area (Å²) >= 11 is 0. The van der Waals surface area contributed by atoms with E-state index in [2.05, 4.69) is 6.92 Å². The SMILES string of the molecule is CCC(C)(C)C(=O)OC1CC2CC1C1CCCCC21. The fraction of sp³-hybridized carbons (Fsp3) is 0.941. The lowest BCUT2D eigenvalue weighted by atomic mass is 9.70. The average Bonchev–Trinajstić information content (AvgIpc) is 2.97. The first-order valence-electron chi connectivity index (χ1n) is 8.24. The van der Waals surface area contributed by atoms with Crippen molar-refractivity contribution < 1.29 is 9.53 Å². The molecule has 0 aliphatic heterocycles. The highest BCUT2D eigenvalue weighted by atomic mass is 16.5. The maximum atomic E-state index is 12.3. The maximum Gasteiger partial charge on any atom is 0.311 e. The number of hydrogen-bond donors (Lipinski definition) is 0. The number of rotatable bonds is 3. The lowest BCUT2D eigenvalue weighted by molar-refractivity contribution is -0.164. The summed E-state index contributed by atoms with van der Waals surface area (Å²) < 4.78 is 5.91. The van der Waals surface area contributed by atoms with Gasteiger partial charge in [0.1, 0.15) is 6.10 Å². The molecule has 3 aliphatic carbocycles. The van der Waals surface area contributed by atoms with E-state index in [4.69, 9.17) is 4.74 Å². The van der Waals surface area contributed by atoms with E-state index in [1.807, 2.05) is 13.8 Å². The predicted molar refractivity (Wildman–Crippen MR) is 75.6 cm³/mol. The molecule has 108 valence electrons. The molecule has 5 atom stereocenters. The molecule has 0 radical (unpaired) electrons. The third kappa shape index (κ3) is 2.21. The summed E-state index contributed by atoms with van der Waals surface area (Å²) in [5.41, 5.74) is -0.312. The molecule has 2 bridgehead atoms. The Morgan fingerprint density at radius 3 is 2.47 bits per heavy atom. The molecule has 2 heteroatoms. The Kier molecular flexibility index (Phi) is 3.39. The van der Waals surface area contributed by atoms with Gasteiger partial charge in [-0.15, -0.1) is 0 Å². The zero-order valence-corrected chi connectivity index (χ0v) is 12.7. The van der Waals surface area contributed by atoms with Crippen LogP contribution >= 0.6 is 0 Å². The van der Waals surface area contributed by atoms with Crippen LogP contribution in [0.4, 0.5) is 0 Å². The molecule has 0 saturated heterocycles. The zero-order valence-electron chi connectivity index (χ0n) is 12.7. The highest BCUT2D eigenvalue weighted by Crippen LogP contribution is 2.58. The van der Waals surface area contributed by atoms with Crippen LogP contribution in [0.25, 0.3) is 0 Å². The van der Waals surface area contributed by atoms with E-state index in [0.717, 1.165) is 30.6 Å². The summed E-state index contributed by atoms with van der Waals surface area (Å²) in [6, 6.07) is 0. The first-order valence-corrected chi connectivity index (χ1v) is 8.24. The molecular weight excluding hydrogens is 236 g/mol. The van der Waals surface area contributed by atoms with E-state index in [0.29, 0.717) is 5.92 Å². The van der Waals surface area contributed by atoms with E-state index >= 15 is 0 Å². The van der Waals surface area contributed by atoms with Crippen molar-refractivity contribution in [1.82, 2.24) is 0 Å². The van der Waals surface area contributed by atoms with Crippen LogP contribution in [-0.2, 0) is 9.53 Å². The van der Waals surface area contributed by atoms with Crippen molar-refractivity contribution in [3.05, 3.63) is 0 Å². The zero-order chi connectivity index (χ0) is 13.6. The van der Waals surface area contributed by atoms with Crippen LogP contribution in [0.1, 0.15) is 65.7 Å². The molecule has 3 rings (SSSR count). The van der Waals surface area contributed by atoms with Gasteiger partial charge in [-0.2, -0.15) is 0 Å². The Balaban J connectivity index is 1.64. The fourth-order valence-electron chi connectivity index (χ4n) is 4.75. The Hall–Kier alpha value is -0.530. The first kappa shape index (κ1) is 13.5. The van der Waals surface area contributed by atoms with Gasteiger partial charge in [-0.05, 0) is 69.6 Å².